The molecule has 0 atom stereocenters. The monoisotopic (exact) mass is 955 g/mol. The van der Waals surface area contributed by atoms with E-state index in [1.54, 1.807) is 70.3 Å². The van der Waals surface area contributed by atoms with Gasteiger partial charge < -0.3 is 14.8 Å². The van der Waals surface area contributed by atoms with Crippen molar-refractivity contribution < 1.29 is 43.7 Å². The molecule has 0 radical (unpaired) electrons. The minimum atomic E-state index is -2.74. The second kappa shape index (κ2) is 18.6. The number of aryl methyl sites for hydroxylation is 2. The third-order valence-electron chi connectivity index (χ3n) is 8.69. The quantitative estimate of drug-likeness (QED) is 0.0866. The molecule has 4 nitrogen and oxygen atoms in total. The van der Waals surface area contributed by atoms with E-state index < -0.39 is 49.7 Å². The number of hydrogen-bond acceptors (Lipinski definition) is 3. The van der Waals surface area contributed by atoms with E-state index in [0.717, 1.165) is 5.56 Å². The maximum Gasteiger partial charge on any atom is 3.00 e. The summed E-state index contributed by atoms with van der Waals surface area (Å²) in [5, 5.41) is 11.3. The molecule has 3 heterocycles. The van der Waals surface area contributed by atoms with Crippen LogP contribution in [0.25, 0.3) is 61.0 Å². The summed E-state index contributed by atoms with van der Waals surface area (Å²) in [6, 6.07) is 33.1. The van der Waals surface area contributed by atoms with Crippen molar-refractivity contribution in [3.63, 3.8) is 0 Å². The van der Waals surface area contributed by atoms with Gasteiger partial charge in [0.1, 0.15) is 0 Å². The minimum absolute atomic E-state index is 0. The van der Waals surface area contributed by atoms with Gasteiger partial charge in [-0.15, -0.1) is 58.7 Å². The van der Waals surface area contributed by atoms with Crippen molar-refractivity contribution in [1.82, 2.24) is 9.97 Å². The number of hydrogen-bond donors (Lipinski definition) is 0. The molecule has 296 valence electrons. The SMILES string of the molecule is [2H]C([2H])([2H])c1c[c-]c(-c2ccc(C([2H])([2H])C(C)(C)C)cn2)cc1-c1ccccc1.[2H]c1cc(C([2H])([2H])C(C)(C)C)ccc1C(/C=C(\C)c1[c-]ccc2c1oc1nc(C([2H])([2H])[2H])ccc12)=C(/C=[N-])C([2H])([2H])[2H].[Ir+3]. The van der Waals surface area contributed by atoms with Gasteiger partial charge in [-0.05, 0) is 82.9 Å². The van der Waals surface area contributed by atoms with Crippen LogP contribution in [0.1, 0.15) is 108 Å². The second-order valence-electron chi connectivity index (χ2n) is 15.7. The van der Waals surface area contributed by atoms with Gasteiger partial charge in [0.05, 0.1) is 6.95 Å². The molecule has 7 rings (SSSR count). The molecule has 58 heavy (non-hydrogen) atoms. The van der Waals surface area contributed by atoms with Crippen LogP contribution in [0.3, 0.4) is 0 Å². The average Bonchev–Trinajstić information content (AvgIpc) is 3.66. The van der Waals surface area contributed by atoms with E-state index in [1.807, 2.05) is 51.1 Å². The molecule has 0 saturated carbocycles. The molecule has 0 spiro atoms. The molecule has 0 unspecified atom stereocenters. The largest absolute Gasteiger partial charge is 3.00 e. The Kier molecular flexibility index (Phi) is 9.05. The van der Waals surface area contributed by atoms with Crippen molar-refractivity contribution in [3.8, 4) is 22.4 Å². The molecule has 0 aliphatic heterocycles. The van der Waals surface area contributed by atoms with Gasteiger partial charge in [0.25, 0.3) is 0 Å². The first-order valence-corrected chi connectivity index (χ1v) is 18.5. The third kappa shape index (κ3) is 11.0. The smallest absolute Gasteiger partial charge is 0.810 e. The summed E-state index contributed by atoms with van der Waals surface area (Å²) in [4.78, 5) is 8.63. The number of furan rings is 1. The normalized spacial score (nSPS) is 17.1. The van der Waals surface area contributed by atoms with Crippen molar-refractivity contribution in [2.45, 2.75) is 81.8 Å². The van der Waals surface area contributed by atoms with Crippen LogP contribution in [-0.4, -0.2) is 16.2 Å². The van der Waals surface area contributed by atoms with Crippen LogP contribution in [0, 0.1) is 36.7 Å². The molecule has 7 aromatic rings. The number of benzene rings is 4. The van der Waals surface area contributed by atoms with E-state index in [-0.39, 0.29) is 59.8 Å². The van der Waals surface area contributed by atoms with E-state index in [1.165, 1.54) is 36.4 Å². The van der Waals surface area contributed by atoms with Crippen molar-refractivity contribution in [2.24, 2.45) is 10.8 Å². The summed E-state index contributed by atoms with van der Waals surface area (Å²) >= 11 is 0. The van der Waals surface area contributed by atoms with E-state index in [9.17, 15) is 5.41 Å². The van der Waals surface area contributed by atoms with Crippen LogP contribution in [0.5, 0.6) is 0 Å². The van der Waals surface area contributed by atoms with E-state index in [4.69, 9.17) is 23.6 Å². The molecule has 0 N–H and O–H groups in total. The van der Waals surface area contributed by atoms with Crippen LogP contribution < -0.4 is 0 Å². The number of fused-ring (bicyclic) bond motifs is 3. The minimum Gasteiger partial charge on any atom is -0.810 e. The molecule has 0 saturated heterocycles. The second-order valence-corrected chi connectivity index (χ2v) is 15.7. The molecule has 0 bridgehead atoms. The Morgan fingerprint density at radius 3 is 2.29 bits per heavy atom. The Labute approximate surface area is 379 Å². The zero-order chi connectivity index (χ0) is 52.9. The first-order valence-electron chi connectivity index (χ1n) is 25.5. The van der Waals surface area contributed by atoms with Gasteiger partial charge in [0.15, 0.2) is 0 Å². The summed E-state index contributed by atoms with van der Waals surface area (Å²) in [7, 11) is 0. The molecule has 4 aromatic carbocycles. The fourth-order valence-electron chi connectivity index (χ4n) is 6.23. The zero-order valence-corrected chi connectivity index (χ0v) is 35.9. The van der Waals surface area contributed by atoms with Crippen LogP contribution in [0.2, 0.25) is 0 Å². The predicted molar refractivity (Wildman–Crippen MR) is 242 cm³/mol. The van der Waals surface area contributed by atoms with Gasteiger partial charge in [0.2, 0.25) is 5.71 Å². The number of allylic oxidation sites excluding steroid dienone is 4. The summed E-state index contributed by atoms with van der Waals surface area (Å²) in [6.45, 7) is 5.12. The number of rotatable bonds is 8. The third-order valence-corrected chi connectivity index (χ3v) is 8.69. The number of nitrogens with zero attached hydrogens (tertiary/aromatic N) is 3. The maximum atomic E-state index is 10.0. The van der Waals surface area contributed by atoms with Crippen molar-refractivity contribution in [3.05, 3.63) is 172 Å². The topological polar surface area (TPSA) is 61.2 Å². The van der Waals surface area contributed by atoms with E-state index in [2.05, 4.69) is 22.1 Å². The van der Waals surface area contributed by atoms with Crippen LogP contribution in [0.15, 0.2) is 125 Å². The van der Waals surface area contributed by atoms with Crippen LogP contribution in [-0.2, 0) is 32.9 Å². The van der Waals surface area contributed by atoms with Gasteiger partial charge >= 0.3 is 20.1 Å². The molecule has 0 amide bonds. The maximum absolute atomic E-state index is 10.0. The molecular formula is C53H54IrN3O. The predicted octanol–water partition coefficient (Wildman–Crippen LogP) is 14.3. The van der Waals surface area contributed by atoms with Crippen molar-refractivity contribution in [2.75, 3.05) is 0 Å². The molecular weight excluding hydrogens is 887 g/mol. The van der Waals surface area contributed by atoms with Gasteiger partial charge in [-0.1, -0.05) is 145 Å². The molecule has 0 aliphatic rings. The number of aromatic nitrogens is 2. The molecule has 5 heteroatoms. The van der Waals surface area contributed by atoms with Gasteiger partial charge in [0, 0.05) is 35.1 Å². The molecule has 3 aromatic heterocycles. The van der Waals surface area contributed by atoms with Crippen LogP contribution in [0.4, 0.5) is 0 Å². The Morgan fingerprint density at radius 2 is 1.64 bits per heavy atom. The first kappa shape index (κ1) is 28.2. The Morgan fingerprint density at radius 1 is 0.879 bits per heavy atom. The summed E-state index contributed by atoms with van der Waals surface area (Å²) < 4.78 is 119. The van der Waals surface area contributed by atoms with Crippen LogP contribution >= 0.6 is 0 Å². The van der Waals surface area contributed by atoms with Gasteiger partial charge in [-0.3, -0.25) is 0 Å². The fourth-order valence-corrected chi connectivity index (χ4v) is 6.23. The van der Waals surface area contributed by atoms with Gasteiger partial charge in [-0.2, -0.15) is 6.21 Å². The Hall–Kier alpha value is -5.22. The summed E-state index contributed by atoms with van der Waals surface area (Å²) in [6.07, 6.45) is 0.266. The first-order chi connectivity index (χ1) is 32.7. The van der Waals surface area contributed by atoms with E-state index in [0.29, 0.717) is 56.1 Å². The standard InChI is InChI=1S/C30H30N2O.C23H24N.Ir/c1-19(24-8-7-9-25-26-15-10-21(3)32-29(26)33-28(24)25)16-27(20(2)18-31)23-13-11-22(12-14-23)17-30(4,5)6;1-17-10-12-20(14-21(17)19-8-6-5-7-9-19)22-13-11-18(16-24-22)15-23(2,3)4;/h7,9-16,18H,17H2,1-6H3;5-11,13-14,16H,15H2,1-4H3;/q-2;-1;+3/b19-16+,27-20+;;/i2D3,3D3,13D,17D2;1D3,15D2;. The fraction of sp³-hybridized carbons (Fsp3) is 0.264. The summed E-state index contributed by atoms with van der Waals surface area (Å²) in [5.41, 5.74) is 3.57. The van der Waals surface area contributed by atoms with Crippen molar-refractivity contribution >= 4 is 39.4 Å². The van der Waals surface area contributed by atoms with Gasteiger partial charge in [-0.25, -0.2) is 4.98 Å². The average molecular weight is 955 g/mol. The summed E-state index contributed by atoms with van der Waals surface area (Å²) in [5.74, 6) is 0. The molecule has 0 fully saturated rings. The Bertz CT molecular complexity index is 3160. The number of pyridine rings is 2. The zero-order valence-electron chi connectivity index (χ0n) is 47.6. The molecule has 0 aliphatic carbocycles. The van der Waals surface area contributed by atoms with Crippen molar-refractivity contribution in [1.29, 1.82) is 0 Å². The van der Waals surface area contributed by atoms with E-state index >= 15 is 0 Å². The Balaban J connectivity index is 0.000000281.